The Bertz CT molecular complexity index is 702. The van der Waals surface area contributed by atoms with Crippen molar-refractivity contribution in [2.45, 2.75) is 19.5 Å². The van der Waals surface area contributed by atoms with E-state index in [1.165, 1.54) is 0 Å². The third kappa shape index (κ3) is 3.57. The smallest absolute Gasteiger partial charge is 0.161 e. The van der Waals surface area contributed by atoms with Crippen LogP contribution in [0.5, 0.6) is 23.0 Å². The highest BCUT2D eigenvalue weighted by molar-refractivity contribution is 5.45. The Morgan fingerprint density at radius 1 is 1.00 bits per heavy atom. The van der Waals surface area contributed by atoms with Gasteiger partial charge in [0.2, 0.25) is 0 Å². The molecule has 5 nitrogen and oxygen atoms in total. The molecule has 0 bridgehead atoms. The minimum atomic E-state index is 0.164. The van der Waals surface area contributed by atoms with Crippen molar-refractivity contribution in [2.24, 2.45) is 0 Å². The number of fused-ring (bicyclic) bond motifs is 1. The fraction of sp³-hybridized carbons (Fsp3) is 0.368. The summed E-state index contributed by atoms with van der Waals surface area (Å²) >= 11 is 0. The van der Waals surface area contributed by atoms with Gasteiger partial charge < -0.3 is 24.3 Å². The quantitative estimate of drug-likeness (QED) is 0.881. The topological polar surface area (TPSA) is 49.0 Å². The highest BCUT2D eigenvalue weighted by Crippen LogP contribution is 2.33. The number of methoxy groups -OCH3 is 2. The summed E-state index contributed by atoms with van der Waals surface area (Å²) in [6.07, 6.45) is 0. The standard InChI is InChI=1S/C19H23NO4/c1-13(14-4-6-18-19(11-14)24-9-8-23-18)20-12-15-10-16(21-2)5-7-17(15)22-3/h4-7,10-11,13,20H,8-9,12H2,1-3H3/t13-/m0/s1. The van der Waals surface area contributed by atoms with E-state index in [0.717, 1.165) is 34.1 Å². The molecule has 1 aliphatic heterocycles. The summed E-state index contributed by atoms with van der Waals surface area (Å²) in [6.45, 7) is 4.00. The molecule has 1 heterocycles. The lowest BCUT2D eigenvalue weighted by Gasteiger charge is -2.21. The number of ether oxygens (including phenoxy) is 4. The first kappa shape index (κ1) is 16.5. The average molecular weight is 329 g/mol. The summed E-state index contributed by atoms with van der Waals surface area (Å²) in [5.74, 6) is 3.29. The van der Waals surface area contributed by atoms with Crippen molar-refractivity contribution in [1.29, 1.82) is 0 Å². The van der Waals surface area contributed by atoms with Gasteiger partial charge in [0.1, 0.15) is 24.7 Å². The first-order chi connectivity index (χ1) is 11.7. The monoisotopic (exact) mass is 329 g/mol. The molecule has 0 radical (unpaired) electrons. The van der Waals surface area contributed by atoms with Crippen LogP contribution in [-0.2, 0) is 6.54 Å². The summed E-state index contributed by atoms with van der Waals surface area (Å²) in [5, 5.41) is 3.52. The predicted octanol–water partition coefficient (Wildman–Crippen LogP) is 3.33. The largest absolute Gasteiger partial charge is 0.497 e. The van der Waals surface area contributed by atoms with E-state index < -0.39 is 0 Å². The van der Waals surface area contributed by atoms with Crippen LogP contribution in [0.4, 0.5) is 0 Å². The molecule has 0 amide bonds. The average Bonchev–Trinajstić information content (AvgIpc) is 2.65. The maximum Gasteiger partial charge on any atom is 0.161 e. The first-order valence-electron chi connectivity index (χ1n) is 8.05. The molecule has 5 heteroatoms. The maximum atomic E-state index is 5.65. The Balaban J connectivity index is 1.70. The Morgan fingerprint density at radius 2 is 1.79 bits per heavy atom. The van der Waals surface area contributed by atoms with E-state index in [9.17, 15) is 0 Å². The molecule has 2 aromatic carbocycles. The summed E-state index contributed by atoms with van der Waals surface area (Å²) < 4.78 is 21.9. The lowest BCUT2D eigenvalue weighted by molar-refractivity contribution is 0.171. The van der Waals surface area contributed by atoms with Crippen molar-refractivity contribution in [3.8, 4) is 23.0 Å². The van der Waals surface area contributed by atoms with E-state index in [0.29, 0.717) is 19.8 Å². The normalized spacial score (nSPS) is 14.1. The lowest BCUT2D eigenvalue weighted by Crippen LogP contribution is -2.20. The molecule has 1 aliphatic rings. The van der Waals surface area contributed by atoms with Gasteiger partial charge in [0.15, 0.2) is 11.5 Å². The molecule has 1 atom stereocenters. The van der Waals surface area contributed by atoms with Gasteiger partial charge in [-0.1, -0.05) is 6.07 Å². The van der Waals surface area contributed by atoms with Crippen molar-refractivity contribution in [3.63, 3.8) is 0 Å². The molecular weight excluding hydrogens is 306 g/mol. The SMILES string of the molecule is COc1ccc(OC)c(CN[C@@H](C)c2ccc3c(c2)OCCO3)c1. The van der Waals surface area contributed by atoms with Gasteiger partial charge in [-0.05, 0) is 42.8 Å². The summed E-state index contributed by atoms with van der Waals surface area (Å²) in [4.78, 5) is 0. The molecule has 0 aliphatic carbocycles. The zero-order chi connectivity index (χ0) is 16.9. The number of benzene rings is 2. The van der Waals surface area contributed by atoms with Crippen LogP contribution in [-0.4, -0.2) is 27.4 Å². The van der Waals surface area contributed by atoms with Gasteiger partial charge in [0.25, 0.3) is 0 Å². The summed E-state index contributed by atoms with van der Waals surface area (Å²) in [7, 11) is 3.34. The first-order valence-corrected chi connectivity index (χ1v) is 8.05. The van der Waals surface area contributed by atoms with Crippen LogP contribution in [0.3, 0.4) is 0 Å². The second-order valence-electron chi connectivity index (χ2n) is 5.68. The minimum absolute atomic E-state index is 0.164. The number of hydrogen-bond acceptors (Lipinski definition) is 5. The zero-order valence-corrected chi connectivity index (χ0v) is 14.3. The Morgan fingerprint density at radius 3 is 2.54 bits per heavy atom. The maximum absolute atomic E-state index is 5.65. The molecule has 0 aromatic heterocycles. The van der Waals surface area contributed by atoms with Gasteiger partial charge in [-0.3, -0.25) is 0 Å². The molecule has 2 aromatic rings. The summed E-state index contributed by atoms with van der Waals surface area (Å²) in [5.41, 5.74) is 2.21. The third-order valence-corrected chi connectivity index (χ3v) is 4.15. The molecule has 0 unspecified atom stereocenters. The van der Waals surface area contributed by atoms with E-state index in [-0.39, 0.29) is 6.04 Å². The zero-order valence-electron chi connectivity index (χ0n) is 14.3. The fourth-order valence-corrected chi connectivity index (χ4v) is 2.73. The van der Waals surface area contributed by atoms with Gasteiger partial charge in [0.05, 0.1) is 14.2 Å². The van der Waals surface area contributed by atoms with Crippen LogP contribution in [0.1, 0.15) is 24.1 Å². The van der Waals surface area contributed by atoms with Crippen LogP contribution in [0.25, 0.3) is 0 Å². The molecule has 3 rings (SSSR count). The van der Waals surface area contributed by atoms with E-state index in [1.54, 1.807) is 14.2 Å². The van der Waals surface area contributed by atoms with Gasteiger partial charge >= 0.3 is 0 Å². The molecule has 0 fully saturated rings. The van der Waals surface area contributed by atoms with Crippen molar-refractivity contribution >= 4 is 0 Å². The number of rotatable bonds is 6. The van der Waals surface area contributed by atoms with Crippen molar-refractivity contribution < 1.29 is 18.9 Å². The molecule has 128 valence electrons. The van der Waals surface area contributed by atoms with Gasteiger partial charge in [-0.25, -0.2) is 0 Å². The van der Waals surface area contributed by atoms with Crippen molar-refractivity contribution in [2.75, 3.05) is 27.4 Å². The molecular formula is C19H23NO4. The Labute approximate surface area is 142 Å². The number of nitrogens with one attached hydrogen (secondary N) is 1. The second-order valence-corrected chi connectivity index (χ2v) is 5.68. The van der Waals surface area contributed by atoms with Gasteiger partial charge in [-0.15, -0.1) is 0 Å². The molecule has 0 saturated carbocycles. The van der Waals surface area contributed by atoms with Crippen LogP contribution >= 0.6 is 0 Å². The highest BCUT2D eigenvalue weighted by atomic mass is 16.6. The Hall–Kier alpha value is -2.40. The van der Waals surface area contributed by atoms with Crippen LogP contribution in [0.2, 0.25) is 0 Å². The lowest BCUT2D eigenvalue weighted by atomic mass is 10.1. The number of hydrogen-bond donors (Lipinski definition) is 1. The van der Waals surface area contributed by atoms with Crippen molar-refractivity contribution in [3.05, 3.63) is 47.5 Å². The molecule has 0 saturated heterocycles. The second kappa shape index (κ2) is 7.45. The minimum Gasteiger partial charge on any atom is -0.497 e. The fourth-order valence-electron chi connectivity index (χ4n) is 2.73. The van der Waals surface area contributed by atoms with Gasteiger partial charge in [-0.2, -0.15) is 0 Å². The van der Waals surface area contributed by atoms with Gasteiger partial charge in [0, 0.05) is 18.2 Å². The van der Waals surface area contributed by atoms with E-state index in [4.69, 9.17) is 18.9 Å². The summed E-state index contributed by atoms with van der Waals surface area (Å²) in [6, 6.07) is 12.0. The highest BCUT2D eigenvalue weighted by Gasteiger charge is 2.15. The van der Waals surface area contributed by atoms with Crippen molar-refractivity contribution in [1.82, 2.24) is 5.32 Å². The third-order valence-electron chi connectivity index (χ3n) is 4.15. The van der Waals surface area contributed by atoms with E-state index in [2.05, 4.69) is 18.3 Å². The van der Waals surface area contributed by atoms with Crippen LogP contribution in [0.15, 0.2) is 36.4 Å². The van der Waals surface area contributed by atoms with Crippen LogP contribution in [0, 0.1) is 0 Å². The van der Waals surface area contributed by atoms with Crippen LogP contribution < -0.4 is 24.3 Å². The van der Waals surface area contributed by atoms with E-state index >= 15 is 0 Å². The molecule has 0 spiro atoms. The molecule has 1 N–H and O–H groups in total. The predicted molar refractivity (Wildman–Crippen MR) is 92.2 cm³/mol. The van der Waals surface area contributed by atoms with E-state index in [1.807, 2.05) is 30.3 Å². The Kier molecular flexibility index (Phi) is 5.11. The molecule has 24 heavy (non-hydrogen) atoms.